The highest BCUT2D eigenvalue weighted by atomic mass is 32.2. The molecule has 6 nitrogen and oxygen atoms in total. The van der Waals surface area contributed by atoms with E-state index in [1.807, 2.05) is 0 Å². The van der Waals surface area contributed by atoms with Crippen LogP contribution in [0.25, 0.3) is 0 Å². The quantitative estimate of drug-likeness (QED) is 0.333. The molecule has 0 aromatic carbocycles. The first-order valence-electron chi connectivity index (χ1n) is 5.48. The number of thiophene rings is 1. The van der Waals surface area contributed by atoms with E-state index in [0.29, 0.717) is 9.77 Å². The van der Waals surface area contributed by atoms with E-state index in [1.54, 1.807) is 12.3 Å². The molecular formula is C11H13NO5S2. The Morgan fingerprint density at radius 2 is 2.21 bits per heavy atom. The Balaban J connectivity index is 2.90. The standard InChI is InChI=1S/C11H13NO5S2/c1-3-17-9(14)4-8-6-19-11(10(8)12(15)16)18-5-7(2)13/h6H,3-5H2,1-2H3. The van der Waals surface area contributed by atoms with Gasteiger partial charge in [0.2, 0.25) is 0 Å². The molecule has 19 heavy (non-hydrogen) atoms. The zero-order valence-corrected chi connectivity index (χ0v) is 12.1. The van der Waals surface area contributed by atoms with Crippen molar-refractivity contribution in [3.05, 3.63) is 21.1 Å². The van der Waals surface area contributed by atoms with E-state index in [-0.39, 0.29) is 30.3 Å². The zero-order chi connectivity index (χ0) is 14.4. The number of thioether (sulfide) groups is 1. The minimum absolute atomic E-state index is 0.0559. The normalized spacial score (nSPS) is 10.2. The van der Waals surface area contributed by atoms with Gasteiger partial charge < -0.3 is 4.74 Å². The average molecular weight is 303 g/mol. The maximum atomic E-state index is 11.4. The number of hydrogen-bond acceptors (Lipinski definition) is 7. The van der Waals surface area contributed by atoms with Crippen molar-refractivity contribution in [1.82, 2.24) is 0 Å². The molecule has 0 fully saturated rings. The van der Waals surface area contributed by atoms with Gasteiger partial charge in [-0.1, -0.05) is 0 Å². The molecule has 0 aliphatic rings. The second kappa shape index (κ2) is 7.25. The second-order valence-corrected chi connectivity index (χ2v) is 5.75. The summed E-state index contributed by atoms with van der Waals surface area (Å²) in [6.45, 7) is 3.34. The molecule has 0 aliphatic carbocycles. The van der Waals surface area contributed by atoms with E-state index in [1.165, 1.54) is 18.3 Å². The zero-order valence-electron chi connectivity index (χ0n) is 10.5. The Labute approximate surface area is 118 Å². The summed E-state index contributed by atoms with van der Waals surface area (Å²) in [6.07, 6.45) is -0.124. The van der Waals surface area contributed by atoms with E-state index >= 15 is 0 Å². The molecule has 0 spiro atoms. The predicted molar refractivity (Wildman–Crippen MR) is 72.7 cm³/mol. The van der Waals surface area contributed by atoms with Crippen LogP contribution < -0.4 is 0 Å². The Morgan fingerprint density at radius 1 is 1.53 bits per heavy atom. The minimum atomic E-state index is -0.520. The van der Waals surface area contributed by atoms with Crippen molar-refractivity contribution in [2.45, 2.75) is 24.5 Å². The molecule has 1 aromatic heterocycles. The molecule has 0 bridgehead atoms. The molecule has 0 amide bonds. The smallest absolute Gasteiger partial charge is 0.310 e. The van der Waals surface area contributed by atoms with Gasteiger partial charge in [0.1, 0.15) is 9.99 Å². The van der Waals surface area contributed by atoms with E-state index in [4.69, 9.17) is 4.74 Å². The molecule has 1 rings (SSSR count). The molecular weight excluding hydrogens is 290 g/mol. The maximum absolute atomic E-state index is 11.4. The van der Waals surface area contributed by atoms with Crippen LogP contribution in [0.3, 0.4) is 0 Å². The van der Waals surface area contributed by atoms with Crippen molar-refractivity contribution in [2.24, 2.45) is 0 Å². The Bertz CT molecular complexity index is 497. The van der Waals surface area contributed by atoms with Crippen LogP contribution in [0.15, 0.2) is 9.59 Å². The van der Waals surface area contributed by atoms with Crippen LogP contribution in [-0.4, -0.2) is 29.0 Å². The fraction of sp³-hybridized carbons (Fsp3) is 0.455. The lowest BCUT2D eigenvalue weighted by atomic mass is 10.2. The van der Waals surface area contributed by atoms with Crippen LogP contribution in [0.4, 0.5) is 5.69 Å². The number of Topliss-reactive ketones (excluding diaryl/α,β-unsaturated/α-hetero) is 1. The summed E-state index contributed by atoms with van der Waals surface area (Å²) in [7, 11) is 0. The molecule has 0 radical (unpaired) electrons. The van der Waals surface area contributed by atoms with Gasteiger partial charge in [-0.3, -0.25) is 19.7 Å². The third kappa shape index (κ3) is 4.64. The number of ketones is 1. The highest BCUT2D eigenvalue weighted by molar-refractivity contribution is 8.01. The largest absolute Gasteiger partial charge is 0.466 e. The third-order valence-corrected chi connectivity index (χ3v) is 4.49. The molecule has 1 aromatic rings. The van der Waals surface area contributed by atoms with Crippen molar-refractivity contribution in [2.75, 3.05) is 12.4 Å². The summed E-state index contributed by atoms with van der Waals surface area (Å²) >= 11 is 2.29. The predicted octanol–water partition coefficient (Wildman–Crippen LogP) is 2.44. The summed E-state index contributed by atoms with van der Waals surface area (Å²) in [5.74, 6) is -0.369. The third-order valence-electron chi connectivity index (χ3n) is 2.03. The highest BCUT2D eigenvalue weighted by Gasteiger charge is 2.25. The van der Waals surface area contributed by atoms with Gasteiger partial charge in [-0.15, -0.1) is 23.1 Å². The highest BCUT2D eigenvalue weighted by Crippen LogP contribution is 2.38. The maximum Gasteiger partial charge on any atom is 0.310 e. The van der Waals surface area contributed by atoms with Crippen molar-refractivity contribution in [3.63, 3.8) is 0 Å². The van der Waals surface area contributed by atoms with Gasteiger partial charge in [0, 0.05) is 5.38 Å². The second-order valence-electron chi connectivity index (χ2n) is 3.63. The van der Waals surface area contributed by atoms with Crippen LogP contribution in [0, 0.1) is 10.1 Å². The molecule has 8 heteroatoms. The van der Waals surface area contributed by atoms with Gasteiger partial charge in [0.15, 0.2) is 0 Å². The average Bonchev–Trinajstić information content (AvgIpc) is 2.69. The first kappa shape index (κ1) is 15.6. The van der Waals surface area contributed by atoms with Crippen LogP contribution in [0.2, 0.25) is 0 Å². The number of ether oxygens (including phenoxy) is 1. The van der Waals surface area contributed by atoms with E-state index in [2.05, 4.69) is 0 Å². The first-order chi connectivity index (χ1) is 8.95. The molecule has 0 atom stereocenters. The molecule has 0 unspecified atom stereocenters. The SMILES string of the molecule is CCOC(=O)Cc1csc(SCC(C)=O)c1[N+](=O)[O-]. The number of carbonyl (C=O) groups excluding carboxylic acids is 2. The van der Waals surface area contributed by atoms with Crippen molar-refractivity contribution in [3.8, 4) is 0 Å². The van der Waals surface area contributed by atoms with Crippen molar-refractivity contribution >= 4 is 40.5 Å². The molecule has 0 aliphatic heterocycles. The Morgan fingerprint density at radius 3 is 2.74 bits per heavy atom. The number of nitro groups is 1. The molecule has 1 heterocycles. The lowest BCUT2D eigenvalue weighted by Crippen LogP contribution is -2.08. The van der Waals surface area contributed by atoms with Crippen molar-refractivity contribution < 1.29 is 19.2 Å². The minimum Gasteiger partial charge on any atom is -0.466 e. The number of carbonyl (C=O) groups is 2. The number of rotatable bonds is 7. The first-order valence-corrected chi connectivity index (χ1v) is 7.34. The molecule has 104 valence electrons. The summed E-state index contributed by atoms with van der Waals surface area (Å²) in [6, 6.07) is 0. The number of hydrogen-bond donors (Lipinski definition) is 0. The van der Waals surface area contributed by atoms with Gasteiger partial charge >= 0.3 is 5.97 Å². The fourth-order valence-electron chi connectivity index (χ4n) is 1.32. The van der Waals surface area contributed by atoms with E-state index in [0.717, 1.165) is 11.8 Å². The van der Waals surface area contributed by atoms with Gasteiger partial charge in [-0.2, -0.15) is 0 Å². The Hall–Kier alpha value is -1.41. The lowest BCUT2D eigenvalue weighted by molar-refractivity contribution is -0.387. The fourth-order valence-corrected chi connectivity index (χ4v) is 3.35. The number of esters is 1. The van der Waals surface area contributed by atoms with Crippen LogP contribution in [-0.2, 0) is 20.7 Å². The molecule has 0 saturated carbocycles. The summed E-state index contributed by atoms with van der Waals surface area (Å²) in [5, 5.41) is 12.6. The number of nitrogens with zero attached hydrogens (tertiary/aromatic N) is 1. The van der Waals surface area contributed by atoms with Gasteiger partial charge in [-0.25, -0.2) is 0 Å². The monoisotopic (exact) mass is 303 g/mol. The summed E-state index contributed by atoms with van der Waals surface area (Å²) in [4.78, 5) is 32.8. The lowest BCUT2D eigenvalue weighted by Gasteiger charge is -2.00. The van der Waals surface area contributed by atoms with Gasteiger partial charge in [0.05, 0.1) is 29.3 Å². The summed E-state index contributed by atoms with van der Waals surface area (Å²) in [5.41, 5.74) is 0.240. The van der Waals surface area contributed by atoms with E-state index in [9.17, 15) is 19.7 Å². The molecule has 0 saturated heterocycles. The van der Waals surface area contributed by atoms with Crippen molar-refractivity contribution in [1.29, 1.82) is 0 Å². The van der Waals surface area contributed by atoms with Crippen LogP contribution in [0.1, 0.15) is 19.4 Å². The van der Waals surface area contributed by atoms with E-state index < -0.39 is 10.9 Å². The Kier molecular flexibility index (Phi) is 5.97. The molecule has 0 N–H and O–H groups in total. The van der Waals surface area contributed by atoms with Crippen LogP contribution in [0.5, 0.6) is 0 Å². The van der Waals surface area contributed by atoms with Gasteiger partial charge in [0.25, 0.3) is 5.69 Å². The van der Waals surface area contributed by atoms with Gasteiger partial charge in [-0.05, 0) is 13.8 Å². The van der Waals surface area contributed by atoms with Crippen LogP contribution >= 0.6 is 23.1 Å². The summed E-state index contributed by atoms with van der Waals surface area (Å²) < 4.78 is 5.21. The topological polar surface area (TPSA) is 86.5 Å².